The first kappa shape index (κ1) is 13.8. The lowest BCUT2D eigenvalue weighted by molar-refractivity contribution is 0.122. The van der Waals surface area contributed by atoms with E-state index in [1.54, 1.807) is 6.07 Å². The van der Waals surface area contributed by atoms with Crippen molar-refractivity contribution in [2.45, 2.75) is 25.8 Å². The molecule has 0 unspecified atom stereocenters. The van der Waals surface area contributed by atoms with E-state index in [9.17, 15) is 4.39 Å². The van der Waals surface area contributed by atoms with Crippen LogP contribution in [0.4, 0.5) is 4.39 Å². The molecule has 1 saturated carbocycles. The van der Waals surface area contributed by atoms with E-state index in [-0.39, 0.29) is 5.82 Å². The van der Waals surface area contributed by atoms with Crippen molar-refractivity contribution in [1.29, 1.82) is 0 Å². The van der Waals surface area contributed by atoms with Gasteiger partial charge in [-0.05, 0) is 55.5 Å². The molecule has 0 aliphatic heterocycles. The second-order valence-electron chi connectivity index (χ2n) is 4.83. The largest absolute Gasteiger partial charge is 0.381 e. The number of hydrogen-bond donors (Lipinski definition) is 1. The molecule has 0 atom stereocenters. The molecular weight excluding hydrogens is 253 g/mol. The summed E-state index contributed by atoms with van der Waals surface area (Å²) in [6, 6.07) is 4.60. The van der Waals surface area contributed by atoms with Crippen LogP contribution < -0.4 is 5.32 Å². The molecule has 1 aromatic carbocycles. The zero-order valence-corrected chi connectivity index (χ0v) is 11.2. The molecule has 4 heteroatoms. The fourth-order valence-corrected chi connectivity index (χ4v) is 2.02. The van der Waals surface area contributed by atoms with Gasteiger partial charge in [-0.1, -0.05) is 11.6 Å². The monoisotopic (exact) mass is 271 g/mol. The van der Waals surface area contributed by atoms with E-state index in [1.807, 2.05) is 0 Å². The van der Waals surface area contributed by atoms with Crippen LogP contribution in [0, 0.1) is 11.7 Å². The van der Waals surface area contributed by atoms with Crippen LogP contribution in [0.2, 0.25) is 5.02 Å². The highest BCUT2D eigenvalue weighted by molar-refractivity contribution is 6.30. The highest BCUT2D eigenvalue weighted by Gasteiger charge is 2.20. The van der Waals surface area contributed by atoms with E-state index < -0.39 is 0 Å². The molecule has 1 aliphatic carbocycles. The van der Waals surface area contributed by atoms with Gasteiger partial charge in [0, 0.05) is 24.8 Å². The van der Waals surface area contributed by atoms with Crippen LogP contribution in [0.1, 0.15) is 24.8 Å². The number of nitrogens with one attached hydrogen (secondary N) is 1. The van der Waals surface area contributed by atoms with Gasteiger partial charge in [-0.2, -0.15) is 0 Å². The number of ether oxygens (including phenoxy) is 1. The maximum Gasteiger partial charge on any atom is 0.125 e. The van der Waals surface area contributed by atoms with Crippen molar-refractivity contribution in [3.8, 4) is 0 Å². The first-order valence-electron chi connectivity index (χ1n) is 6.47. The Hall–Kier alpha value is -0.640. The standard InChI is InChI=1S/C14H19ClFNO/c15-13-6-12(7-14(16)8-13)9-17-4-1-5-18-10-11-2-3-11/h6-8,11,17H,1-5,9-10H2. The first-order chi connectivity index (χ1) is 8.74. The Morgan fingerprint density at radius 2 is 2.17 bits per heavy atom. The van der Waals surface area contributed by atoms with Gasteiger partial charge < -0.3 is 10.1 Å². The fourth-order valence-electron chi connectivity index (χ4n) is 1.78. The van der Waals surface area contributed by atoms with Gasteiger partial charge in [0.15, 0.2) is 0 Å². The molecule has 1 N–H and O–H groups in total. The molecular formula is C14H19ClFNO. The maximum atomic E-state index is 13.1. The summed E-state index contributed by atoms with van der Waals surface area (Å²) in [6.45, 7) is 3.23. The molecule has 0 spiro atoms. The highest BCUT2D eigenvalue weighted by Crippen LogP contribution is 2.28. The molecule has 0 bridgehead atoms. The minimum Gasteiger partial charge on any atom is -0.381 e. The molecule has 0 saturated heterocycles. The summed E-state index contributed by atoms with van der Waals surface area (Å²) in [5.41, 5.74) is 0.874. The summed E-state index contributed by atoms with van der Waals surface area (Å²) in [6.07, 6.45) is 3.65. The number of hydrogen-bond acceptors (Lipinski definition) is 2. The third-order valence-electron chi connectivity index (χ3n) is 2.94. The molecule has 2 nitrogen and oxygen atoms in total. The molecule has 2 rings (SSSR count). The smallest absolute Gasteiger partial charge is 0.125 e. The van der Waals surface area contributed by atoms with E-state index in [1.165, 1.54) is 25.0 Å². The zero-order valence-electron chi connectivity index (χ0n) is 10.4. The van der Waals surface area contributed by atoms with E-state index in [0.29, 0.717) is 11.6 Å². The van der Waals surface area contributed by atoms with E-state index in [2.05, 4.69) is 5.32 Å². The van der Waals surface area contributed by atoms with E-state index in [4.69, 9.17) is 16.3 Å². The Balaban J connectivity index is 1.53. The van der Waals surface area contributed by atoms with Crippen molar-refractivity contribution in [2.24, 2.45) is 5.92 Å². The van der Waals surface area contributed by atoms with Crippen molar-refractivity contribution >= 4 is 11.6 Å². The van der Waals surface area contributed by atoms with Crippen molar-refractivity contribution in [3.63, 3.8) is 0 Å². The first-order valence-corrected chi connectivity index (χ1v) is 6.85. The maximum absolute atomic E-state index is 13.1. The van der Waals surface area contributed by atoms with Crippen LogP contribution in [0.15, 0.2) is 18.2 Å². The summed E-state index contributed by atoms with van der Waals surface area (Å²) < 4.78 is 18.6. The fraction of sp³-hybridized carbons (Fsp3) is 0.571. The van der Waals surface area contributed by atoms with Crippen LogP contribution >= 0.6 is 11.6 Å². The van der Waals surface area contributed by atoms with Crippen molar-refractivity contribution in [1.82, 2.24) is 5.32 Å². The Morgan fingerprint density at radius 1 is 1.33 bits per heavy atom. The zero-order chi connectivity index (χ0) is 12.8. The van der Waals surface area contributed by atoms with Gasteiger partial charge in [-0.15, -0.1) is 0 Å². The van der Waals surface area contributed by atoms with Crippen LogP contribution in [-0.2, 0) is 11.3 Å². The third kappa shape index (κ3) is 5.34. The van der Waals surface area contributed by atoms with E-state index in [0.717, 1.165) is 37.7 Å². The Morgan fingerprint density at radius 3 is 2.89 bits per heavy atom. The van der Waals surface area contributed by atoms with Crippen molar-refractivity contribution in [2.75, 3.05) is 19.8 Å². The summed E-state index contributed by atoms with van der Waals surface area (Å²) in [5.74, 6) is 0.541. The van der Waals surface area contributed by atoms with Gasteiger partial charge in [0.2, 0.25) is 0 Å². The second-order valence-corrected chi connectivity index (χ2v) is 5.26. The minimum atomic E-state index is -0.285. The minimum absolute atomic E-state index is 0.285. The van der Waals surface area contributed by atoms with Crippen LogP contribution in [0.3, 0.4) is 0 Å². The van der Waals surface area contributed by atoms with Gasteiger partial charge in [0.1, 0.15) is 5.82 Å². The van der Waals surface area contributed by atoms with Gasteiger partial charge in [-0.3, -0.25) is 0 Å². The summed E-state index contributed by atoms with van der Waals surface area (Å²) in [4.78, 5) is 0. The highest BCUT2D eigenvalue weighted by atomic mass is 35.5. The summed E-state index contributed by atoms with van der Waals surface area (Å²) in [5, 5.41) is 3.70. The number of rotatable bonds is 8. The predicted molar refractivity (Wildman–Crippen MR) is 71.3 cm³/mol. The molecule has 0 heterocycles. The molecule has 0 radical (unpaired) electrons. The Bertz CT molecular complexity index is 362. The third-order valence-corrected chi connectivity index (χ3v) is 3.16. The quantitative estimate of drug-likeness (QED) is 0.732. The number of benzene rings is 1. The normalized spacial score (nSPS) is 15.0. The molecule has 0 amide bonds. The number of halogens is 2. The Labute approximate surface area is 112 Å². The lowest BCUT2D eigenvalue weighted by Crippen LogP contribution is -2.16. The van der Waals surface area contributed by atoms with Crippen LogP contribution in [-0.4, -0.2) is 19.8 Å². The molecule has 100 valence electrons. The van der Waals surface area contributed by atoms with Gasteiger partial charge in [0.05, 0.1) is 0 Å². The average molecular weight is 272 g/mol. The predicted octanol–water partition coefficient (Wildman–Crippen LogP) is 3.39. The topological polar surface area (TPSA) is 21.3 Å². The average Bonchev–Trinajstić information content (AvgIpc) is 3.10. The van der Waals surface area contributed by atoms with Crippen molar-refractivity contribution in [3.05, 3.63) is 34.6 Å². The van der Waals surface area contributed by atoms with Gasteiger partial charge in [0.25, 0.3) is 0 Å². The summed E-state index contributed by atoms with van der Waals surface area (Å²) >= 11 is 5.78. The Kier molecular flexibility index (Phi) is 5.42. The molecule has 1 fully saturated rings. The lowest BCUT2D eigenvalue weighted by atomic mass is 10.2. The van der Waals surface area contributed by atoms with Crippen LogP contribution in [0.25, 0.3) is 0 Å². The van der Waals surface area contributed by atoms with E-state index >= 15 is 0 Å². The van der Waals surface area contributed by atoms with Gasteiger partial charge >= 0.3 is 0 Å². The van der Waals surface area contributed by atoms with Crippen LogP contribution in [0.5, 0.6) is 0 Å². The molecule has 1 aromatic rings. The van der Waals surface area contributed by atoms with Gasteiger partial charge in [-0.25, -0.2) is 4.39 Å². The SMILES string of the molecule is Fc1cc(Cl)cc(CNCCCOCC2CC2)c1. The second kappa shape index (κ2) is 7.07. The molecule has 0 aromatic heterocycles. The molecule has 18 heavy (non-hydrogen) atoms. The van der Waals surface area contributed by atoms with Crippen molar-refractivity contribution < 1.29 is 9.13 Å². The summed E-state index contributed by atoms with van der Waals surface area (Å²) in [7, 11) is 0. The lowest BCUT2D eigenvalue weighted by Gasteiger charge is -2.06. The molecule has 1 aliphatic rings.